The van der Waals surface area contributed by atoms with Gasteiger partial charge in [0.05, 0.1) is 6.54 Å². The van der Waals surface area contributed by atoms with Crippen LogP contribution in [0.2, 0.25) is 0 Å². The van der Waals surface area contributed by atoms with Gasteiger partial charge in [0.2, 0.25) is 0 Å². The number of rotatable bonds is 3. The van der Waals surface area contributed by atoms with E-state index in [9.17, 15) is 4.79 Å². The van der Waals surface area contributed by atoms with Gasteiger partial charge in [-0.1, -0.05) is 82.6 Å². The second-order valence-corrected chi connectivity index (χ2v) is 7.33. The first kappa shape index (κ1) is 22.9. The molecule has 0 spiro atoms. The molecule has 3 heteroatoms. The number of aromatic nitrogens is 1. The number of fused-ring (bicyclic) bond motifs is 3. The van der Waals surface area contributed by atoms with Gasteiger partial charge in [-0.25, -0.2) is 0 Å². The number of hydrogen-bond donors (Lipinski definition) is 0. The number of nitrogens with zero attached hydrogens (tertiary/aromatic N) is 2. The summed E-state index contributed by atoms with van der Waals surface area (Å²) >= 11 is 0. The van der Waals surface area contributed by atoms with E-state index in [0.717, 1.165) is 31.5 Å². The van der Waals surface area contributed by atoms with Gasteiger partial charge in [-0.3, -0.25) is 4.79 Å². The first-order chi connectivity index (χ1) is 14.2. The Kier molecular flexibility index (Phi) is 9.14. The molecule has 29 heavy (non-hydrogen) atoms. The molecule has 3 nitrogen and oxygen atoms in total. The Morgan fingerprint density at radius 3 is 2.17 bits per heavy atom. The topological polar surface area (TPSA) is 25.2 Å². The van der Waals surface area contributed by atoms with E-state index in [1.165, 1.54) is 28.6 Å². The van der Waals surface area contributed by atoms with Gasteiger partial charge >= 0.3 is 0 Å². The van der Waals surface area contributed by atoms with E-state index in [1.54, 1.807) is 0 Å². The van der Waals surface area contributed by atoms with E-state index in [2.05, 4.69) is 54.6 Å². The number of likely N-dealkylation sites (N-methyl/N-ethyl adjacent to an activating group) is 1. The van der Waals surface area contributed by atoms with Crippen LogP contribution in [0.25, 0.3) is 10.9 Å². The zero-order valence-corrected chi connectivity index (χ0v) is 18.7. The number of carbonyl (C=O) groups excluding carboxylic acids is 1. The van der Waals surface area contributed by atoms with Gasteiger partial charge in [0.25, 0.3) is 0 Å². The smallest absolute Gasteiger partial charge is 0.182 e. The van der Waals surface area contributed by atoms with Crippen molar-refractivity contribution in [3.63, 3.8) is 0 Å². The van der Waals surface area contributed by atoms with Crippen LogP contribution in [0.1, 0.15) is 55.7 Å². The van der Waals surface area contributed by atoms with Crippen LogP contribution in [0.4, 0.5) is 0 Å². The number of Topliss-reactive ketones (excluding diaryl/α,β-unsaturated/α-hetero) is 1. The van der Waals surface area contributed by atoms with E-state index in [0.29, 0.717) is 6.54 Å². The molecule has 1 aliphatic heterocycles. The molecule has 1 aliphatic rings. The van der Waals surface area contributed by atoms with Crippen molar-refractivity contribution in [3.8, 4) is 0 Å². The highest BCUT2D eigenvalue weighted by Gasteiger charge is 2.21. The van der Waals surface area contributed by atoms with E-state index in [4.69, 9.17) is 0 Å². The second-order valence-electron chi connectivity index (χ2n) is 7.33. The third-order valence-electron chi connectivity index (χ3n) is 5.07. The molecule has 0 atom stereocenters. The maximum atomic E-state index is 12.8. The van der Waals surface area contributed by atoms with Crippen molar-refractivity contribution >= 4 is 16.7 Å². The lowest BCUT2D eigenvalue weighted by Crippen LogP contribution is -2.21. The average molecular weight is 393 g/mol. The lowest BCUT2D eigenvalue weighted by Gasteiger charge is -2.13. The molecule has 0 fully saturated rings. The van der Waals surface area contributed by atoms with Gasteiger partial charge in [0.15, 0.2) is 5.78 Å². The summed E-state index contributed by atoms with van der Waals surface area (Å²) in [5.74, 6) is 0.178. The fraction of sp³-hybridized carbons (Fsp3) is 0.423. The van der Waals surface area contributed by atoms with E-state index >= 15 is 0 Å². The summed E-state index contributed by atoms with van der Waals surface area (Å²) in [6.07, 6.45) is 3.31. The zero-order chi connectivity index (χ0) is 21.2. The van der Waals surface area contributed by atoms with Gasteiger partial charge in [-0.2, -0.15) is 0 Å². The first-order valence-corrected chi connectivity index (χ1v) is 11.0. The Morgan fingerprint density at radius 2 is 1.48 bits per heavy atom. The third kappa shape index (κ3) is 5.57. The zero-order valence-electron chi connectivity index (χ0n) is 18.7. The van der Waals surface area contributed by atoms with Crippen LogP contribution in [0.5, 0.6) is 0 Å². The minimum atomic E-state index is 0.178. The van der Waals surface area contributed by atoms with E-state index in [-0.39, 0.29) is 5.78 Å². The predicted molar refractivity (Wildman–Crippen MR) is 125 cm³/mol. The summed E-state index contributed by atoms with van der Waals surface area (Å²) in [4.78, 5) is 15.1. The Balaban J connectivity index is 0.000000551. The fourth-order valence-corrected chi connectivity index (χ4v) is 3.74. The maximum Gasteiger partial charge on any atom is 0.182 e. The summed E-state index contributed by atoms with van der Waals surface area (Å²) < 4.78 is 2.25. The number of benzene rings is 2. The Labute approximate surface area is 176 Å². The molecule has 2 heterocycles. The quantitative estimate of drug-likeness (QED) is 0.511. The molecular weight excluding hydrogens is 356 g/mol. The van der Waals surface area contributed by atoms with Gasteiger partial charge < -0.3 is 9.47 Å². The molecule has 3 aromatic rings. The monoisotopic (exact) mass is 392 g/mol. The van der Waals surface area contributed by atoms with Gasteiger partial charge in [0.1, 0.15) is 0 Å². The van der Waals surface area contributed by atoms with Crippen LogP contribution >= 0.6 is 0 Å². The van der Waals surface area contributed by atoms with Crippen LogP contribution in [0.15, 0.2) is 54.6 Å². The van der Waals surface area contributed by atoms with Crippen LogP contribution in [0, 0.1) is 0 Å². The van der Waals surface area contributed by atoms with Crippen LogP contribution < -0.4 is 0 Å². The number of ketones is 1. The van der Waals surface area contributed by atoms with Crippen molar-refractivity contribution in [2.45, 2.75) is 53.5 Å². The number of hydrogen-bond acceptors (Lipinski definition) is 2. The minimum Gasteiger partial charge on any atom is -0.336 e. The third-order valence-corrected chi connectivity index (χ3v) is 5.07. The molecule has 0 unspecified atom stereocenters. The largest absolute Gasteiger partial charge is 0.336 e. The van der Waals surface area contributed by atoms with E-state index < -0.39 is 0 Å². The molecule has 2 aromatic carbocycles. The van der Waals surface area contributed by atoms with Gasteiger partial charge in [-0.05, 0) is 25.1 Å². The molecule has 0 amide bonds. The molecule has 0 aliphatic carbocycles. The van der Waals surface area contributed by atoms with E-state index in [1.807, 2.05) is 44.2 Å². The van der Waals surface area contributed by atoms with Gasteiger partial charge in [-0.15, -0.1) is 0 Å². The highest BCUT2D eigenvalue weighted by molar-refractivity contribution is 5.97. The minimum absolute atomic E-state index is 0.178. The average Bonchev–Trinajstić information content (AvgIpc) is 2.91. The standard InChI is InChI=1S/C21H22N2O.C3H8.C2H6/c1-22-13-11-18-17-9-5-6-10-19(17)23(20(18)12-14-22)15-21(24)16-7-3-2-4-8-16;1-3-2;1-2/h2-10H,11-15H2,1H3;3H2,1-2H3;1-2H3. The van der Waals surface area contributed by atoms with Crippen LogP contribution in [-0.4, -0.2) is 35.4 Å². The summed E-state index contributed by atoms with van der Waals surface area (Å²) in [5.41, 5.74) is 4.74. The predicted octanol–water partition coefficient (Wildman–Crippen LogP) is 6.00. The lowest BCUT2D eigenvalue weighted by atomic mass is 10.1. The van der Waals surface area contributed by atoms with Crippen LogP contribution in [0.3, 0.4) is 0 Å². The highest BCUT2D eigenvalue weighted by Crippen LogP contribution is 2.29. The van der Waals surface area contributed by atoms with Crippen molar-refractivity contribution in [3.05, 3.63) is 71.4 Å². The van der Waals surface area contributed by atoms with Crippen molar-refractivity contribution in [1.82, 2.24) is 9.47 Å². The molecule has 0 bridgehead atoms. The van der Waals surface area contributed by atoms with Gasteiger partial charge in [0, 0.05) is 41.7 Å². The normalized spacial score (nSPS) is 13.4. The highest BCUT2D eigenvalue weighted by atomic mass is 16.1. The summed E-state index contributed by atoms with van der Waals surface area (Å²) in [6, 6.07) is 18.1. The molecule has 0 saturated heterocycles. The Hall–Kier alpha value is -2.39. The van der Waals surface area contributed by atoms with Crippen molar-refractivity contribution in [2.75, 3.05) is 20.1 Å². The first-order valence-electron chi connectivity index (χ1n) is 11.0. The Bertz CT molecular complexity index is 896. The van der Waals surface area contributed by atoms with Crippen molar-refractivity contribution in [1.29, 1.82) is 0 Å². The fourth-order valence-electron chi connectivity index (χ4n) is 3.74. The van der Waals surface area contributed by atoms with Crippen molar-refractivity contribution in [2.24, 2.45) is 0 Å². The lowest BCUT2D eigenvalue weighted by molar-refractivity contribution is 0.0972. The molecule has 0 saturated carbocycles. The number of carbonyl (C=O) groups is 1. The maximum absolute atomic E-state index is 12.8. The van der Waals surface area contributed by atoms with Crippen molar-refractivity contribution < 1.29 is 4.79 Å². The SMILES string of the molecule is CC.CCC.CN1CCc2c(n(CC(=O)c3ccccc3)c3ccccc23)CC1. The molecule has 0 N–H and O–H groups in total. The summed E-state index contributed by atoms with van der Waals surface area (Å²) in [6.45, 7) is 10.8. The second kappa shape index (κ2) is 11.6. The molecule has 4 rings (SSSR count). The summed E-state index contributed by atoms with van der Waals surface area (Å²) in [5, 5.41) is 1.31. The molecule has 156 valence electrons. The Morgan fingerprint density at radius 1 is 0.897 bits per heavy atom. The number of para-hydroxylation sites is 1. The molecule has 0 radical (unpaired) electrons. The van der Waals surface area contributed by atoms with Crippen LogP contribution in [-0.2, 0) is 19.4 Å². The summed E-state index contributed by atoms with van der Waals surface area (Å²) in [7, 11) is 2.17. The molecule has 1 aromatic heterocycles. The molecular formula is C26H36N2O.